The molecular weight excluding hydrogens is 458 g/mol. The second-order valence-electron chi connectivity index (χ2n) is 11.0. The lowest BCUT2D eigenvalue weighted by Crippen LogP contribution is -2.59. The number of hydrogen-bond donors (Lipinski definition) is 3. The number of nitrogens with one attached hydrogen (secondary N) is 2. The molecule has 3 N–H and O–H groups in total. The van der Waals surface area contributed by atoms with Gasteiger partial charge in [-0.05, 0) is 44.2 Å². The number of aliphatic hydroxyl groups excluding tert-OH is 1. The molecule has 2 unspecified atom stereocenters. The molecule has 1 spiro atoms. The zero-order valence-electron chi connectivity index (χ0n) is 22.0. The molecular formula is C28H41N3O5. The Morgan fingerprint density at radius 1 is 1.17 bits per heavy atom. The Balaban J connectivity index is 1.71. The van der Waals surface area contributed by atoms with Crippen molar-refractivity contribution in [2.45, 2.75) is 89.5 Å². The van der Waals surface area contributed by atoms with Crippen LogP contribution < -0.4 is 10.6 Å². The molecule has 3 aliphatic rings. The quantitative estimate of drug-likeness (QED) is 0.406. The minimum Gasteiger partial charge on any atom is -0.394 e. The van der Waals surface area contributed by atoms with E-state index in [1.807, 2.05) is 51.1 Å². The van der Waals surface area contributed by atoms with Gasteiger partial charge < -0.3 is 25.4 Å². The lowest BCUT2D eigenvalue weighted by Gasteiger charge is -2.39. The molecule has 198 valence electrons. The third-order valence-corrected chi connectivity index (χ3v) is 8.71. The van der Waals surface area contributed by atoms with Crippen LogP contribution in [0.2, 0.25) is 0 Å². The Bertz CT molecular complexity index is 971. The molecule has 8 nitrogen and oxygen atoms in total. The van der Waals surface area contributed by atoms with E-state index in [9.17, 15) is 19.5 Å². The van der Waals surface area contributed by atoms with Crippen molar-refractivity contribution in [3.8, 4) is 0 Å². The molecule has 36 heavy (non-hydrogen) atoms. The van der Waals surface area contributed by atoms with Crippen molar-refractivity contribution in [3.63, 3.8) is 0 Å². The van der Waals surface area contributed by atoms with Crippen molar-refractivity contribution in [2.24, 2.45) is 17.8 Å². The van der Waals surface area contributed by atoms with Crippen LogP contribution in [-0.2, 0) is 19.1 Å². The van der Waals surface area contributed by atoms with Gasteiger partial charge in [-0.25, -0.2) is 0 Å². The Hall–Kier alpha value is -2.45. The molecule has 0 saturated carbocycles. The first-order valence-electron chi connectivity index (χ1n) is 13.5. The van der Waals surface area contributed by atoms with Crippen LogP contribution in [0.4, 0.5) is 5.69 Å². The van der Waals surface area contributed by atoms with Gasteiger partial charge in [0.05, 0.1) is 30.1 Å². The third kappa shape index (κ3) is 4.32. The number of likely N-dealkylation sites (tertiary alicyclic amines) is 1. The first kappa shape index (κ1) is 26.6. The maximum absolute atomic E-state index is 14.2. The normalized spacial score (nSPS) is 32.3. The molecule has 3 saturated heterocycles. The molecule has 3 fully saturated rings. The molecule has 8 heteroatoms. The molecule has 0 aromatic heterocycles. The number of aliphatic hydroxyl groups is 1. The number of carbonyl (C=O) groups excluding carboxylic acids is 3. The Morgan fingerprint density at radius 3 is 2.53 bits per heavy atom. The zero-order chi connectivity index (χ0) is 26.1. The van der Waals surface area contributed by atoms with E-state index in [-0.39, 0.29) is 30.2 Å². The molecule has 4 rings (SSSR count). The highest BCUT2D eigenvalue weighted by Gasteiger charge is 2.78. The number of amides is 3. The van der Waals surface area contributed by atoms with Gasteiger partial charge in [0.1, 0.15) is 11.6 Å². The van der Waals surface area contributed by atoms with Crippen LogP contribution in [0.3, 0.4) is 0 Å². The average Bonchev–Trinajstić information content (AvgIpc) is 3.43. The van der Waals surface area contributed by atoms with Gasteiger partial charge in [0.15, 0.2) is 0 Å². The van der Waals surface area contributed by atoms with Crippen LogP contribution in [0.15, 0.2) is 30.3 Å². The van der Waals surface area contributed by atoms with E-state index in [2.05, 4.69) is 17.6 Å². The first-order valence-corrected chi connectivity index (χ1v) is 13.5. The number of benzene rings is 1. The maximum atomic E-state index is 14.2. The van der Waals surface area contributed by atoms with E-state index in [0.29, 0.717) is 25.1 Å². The maximum Gasteiger partial charge on any atom is 0.245 e. The number of anilines is 1. The lowest BCUT2D eigenvalue weighted by molar-refractivity contribution is -0.150. The van der Waals surface area contributed by atoms with Gasteiger partial charge in [0.2, 0.25) is 17.7 Å². The second kappa shape index (κ2) is 10.5. The van der Waals surface area contributed by atoms with Crippen molar-refractivity contribution >= 4 is 23.4 Å². The summed E-state index contributed by atoms with van der Waals surface area (Å²) in [5.74, 6) is -2.30. The zero-order valence-corrected chi connectivity index (χ0v) is 22.0. The molecule has 1 aromatic rings. The SMILES string of the molecule is CCCCCNC(=O)C1N([C@@H](CO)[C@@H](C)CC)C(=O)[C@@H]2[C@@H](C(=O)Nc3ccccc3)[C@@]3(C)CCC12O3. The first-order chi connectivity index (χ1) is 17.2. The summed E-state index contributed by atoms with van der Waals surface area (Å²) in [6.07, 6.45) is 4.75. The summed E-state index contributed by atoms with van der Waals surface area (Å²) in [6, 6.07) is 7.78. The number of ether oxygens (including phenoxy) is 1. The van der Waals surface area contributed by atoms with Crippen molar-refractivity contribution in [1.82, 2.24) is 10.2 Å². The van der Waals surface area contributed by atoms with Crippen molar-refractivity contribution < 1.29 is 24.2 Å². The van der Waals surface area contributed by atoms with Gasteiger partial charge in [0, 0.05) is 12.2 Å². The smallest absolute Gasteiger partial charge is 0.245 e. The van der Waals surface area contributed by atoms with Crippen LogP contribution >= 0.6 is 0 Å². The molecule has 0 aliphatic carbocycles. The number of rotatable bonds is 11. The number of carbonyl (C=O) groups is 3. The minimum absolute atomic E-state index is 0.0195. The van der Waals surface area contributed by atoms with Crippen LogP contribution in [-0.4, -0.2) is 64.2 Å². The van der Waals surface area contributed by atoms with E-state index in [1.165, 1.54) is 0 Å². The van der Waals surface area contributed by atoms with Gasteiger partial charge >= 0.3 is 0 Å². The molecule has 0 radical (unpaired) electrons. The number of para-hydroxylation sites is 1. The summed E-state index contributed by atoms with van der Waals surface area (Å²) in [6.45, 7) is 8.26. The van der Waals surface area contributed by atoms with Gasteiger partial charge in [-0.2, -0.15) is 0 Å². The molecule has 2 bridgehead atoms. The van der Waals surface area contributed by atoms with Crippen molar-refractivity contribution in [1.29, 1.82) is 0 Å². The predicted molar refractivity (Wildman–Crippen MR) is 137 cm³/mol. The Labute approximate surface area is 214 Å². The van der Waals surface area contributed by atoms with E-state index in [4.69, 9.17) is 4.74 Å². The summed E-state index contributed by atoms with van der Waals surface area (Å²) < 4.78 is 6.65. The fourth-order valence-electron chi connectivity index (χ4n) is 6.66. The highest BCUT2D eigenvalue weighted by molar-refractivity contribution is 6.02. The minimum atomic E-state index is -1.08. The predicted octanol–water partition coefficient (Wildman–Crippen LogP) is 3.10. The average molecular weight is 500 g/mol. The summed E-state index contributed by atoms with van der Waals surface area (Å²) in [7, 11) is 0. The molecule has 7 atom stereocenters. The Morgan fingerprint density at radius 2 is 1.89 bits per heavy atom. The van der Waals surface area contributed by atoms with E-state index >= 15 is 0 Å². The molecule has 3 amide bonds. The molecule has 3 aliphatic heterocycles. The number of unbranched alkanes of at least 4 members (excludes halogenated alkanes) is 2. The monoisotopic (exact) mass is 499 g/mol. The highest BCUT2D eigenvalue weighted by Crippen LogP contribution is 2.63. The largest absolute Gasteiger partial charge is 0.394 e. The number of fused-ring (bicyclic) bond motifs is 1. The topological polar surface area (TPSA) is 108 Å². The van der Waals surface area contributed by atoms with Crippen LogP contribution in [0.5, 0.6) is 0 Å². The van der Waals surface area contributed by atoms with Crippen LogP contribution in [0.1, 0.15) is 66.2 Å². The summed E-state index contributed by atoms with van der Waals surface area (Å²) in [5, 5.41) is 16.4. The fraction of sp³-hybridized carbons (Fsp3) is 0.679. The third-order valence-electron chi connectivity index (χ3n) is 8.71. The fourth-order valence-corrected chi connectivity index (χ4v) is 6.66. The standard InChI is InChI=1S/C28H41N3O5/c1-5-7-11-16-29-25(34)23-28-15-14-27(4,36-28)21(24(33)30-19-12-9-8-10-13-19)22(28)26(35)31(23)20(17-32)18(3)6-2/h8-10,12-13,18,20-23,32H,5-7,11,14-17H2,1-4H3,(H,29,34)(H,30,33)/t18-,20-,21-,22-,23?,27+,28?/m0/s1. The molecule has 1 aromatic carbocycles. The Kier molecular flexibility index (Phi) is 7.76. The van der Waals surface area contributed by atoms with E-state index in [1.54, 1.807) is 4.90 Å². The summed E-state index contributed by atoms with van der Waals surface area (Å²) in [4.78, 5) is 43.1. The van der Waals surface area contributed by atoms with Crippen LogP contribution in [0, 0.1) is 17.8 Å². The van der Waals surface area contributed by atoms with Gasteiger partial charge in [-0.1, -0.05) is 58.2 Å². The van der Waals surface area contributed by atoms with Crippen molar-refractivity contribution in [3.05, 3.63) is 30.3 Å². The highest BCUT2D eigenvalue weighted by atomic mass is 16.5. The van der Waals surface area contributed by atoms with Crippen LogP contribution in [0.25, 0.3) is 0 Å². The lowest BCUT2D eigenvalue weighted by atomic mass is 9.66. The van der Waals surface area contributed by atoms with Gasteiger partial charge in [-0.3, -0.25) is 14.4 Å². The summed E-state index contributed by atoms with van der Waals surface area (Å²) in [5.41, 5.74) is -1.26. The van der Waals surface area contributed by atoms with E-state index in [0.717, 1.165) is 25.7 Å². The van der Waals surface area contributed by atoms with Gasteiger partial charge in [-0.15, -0.1) is 0 Å². The van der Waals surface area contributed by atoms with Crippen molar-refractivity contribution in [2.75, 3.05) is 18.5 Å². The number of nitrogens with zero attached hydrogens (tertiary/aromatic N) is 1. The van der Waals surface area contributed by atoms with E-state index < -0.39 is 35.1 Å². The summed E-state index contributed by atoms with van der Waals surface area (Å²) >= 11 is 0. The number of hydrogen-bond acceptors (Lipinski definition) is 5. The molecule has 3 heterocycles. The second-order valence-corrected chi connectivity index (χ2v) is 11.0. The van der Waals surface area contributed by atoms with Gasteiger partial charge in [0.25, 0.3) is 0 Å².